The van der Waals surface area contributed by atoms with Crippen LogP contribution in [0.2, 0.25) is 0 Å². The Hall–Kier alpha value is -3.17. The molecule has 0 radical (unpaired) electrons. The summed E-state index contributed by atoms with van der Waals surface area (Å²) >= 11 is 0. The quantitative estimate of drug-likeness (QED) is 0.694. The third-order valence-corrected chi connectivity index (χ3v) is 6.97. The summed E-state index contributed by atoms with van der Waals surface area (Å²) in [5.41, 5.74) is 2.73. The largest absolute Gasteiger partial charge is 0.482 e. The lowest BCUT2D eigenvalue weighted by molar-refractivity contribution is -0.118. The Labute approximate surface area is 173 Å². The maximum Gasteiger partial charge on any atom is 0.283 e. The molecule has 5 rings (SSSR count). The summed E-state index contributed by atoms with van der Waals surface area (Å²) in [7, 11) is -1.92. The number of benzene rings is 2. The van der Waals surface area contributed by atoms with E-state index in [1.807, 2.05) is 12.1 Å². The molecule has 1 N–H and O–H groups in total. The third-order valence-electron chi connectivity index (χ3n) is 5.38. The Kier molecular flexibility index (Phi) is 4.37. The van der Waals surface area contributed by atoms with E-state index in [0.717, 1.165) is 34.6 Å². The second-order valence-electron chi connectivity index (χ2n) is 7.45. The van der Waals surface area contributed by atoms with Gasteiger partial charge in [0.1, 0.15) is 5.75 Å². The van der Waals surface area contributed by atoms with Crippen molar-refractivity contribution in [2.75, 3.05) is 32.1 Å². The molecule has 0 saturated carbocycles. The predicted octanol–water partition coefficient (Wildman–Crippen LogP) is 2.32. The number of anilines is 1. The van der Waals surface area contributed by atoms with Crippen LogP contribution in [0.3, 0.4) is 0 Å². The van der Waals surface area contributed by atoms with Crippen LogP contribution in [0.15, 0.2) is 53.4 Å². The summed E-state index contributed by atoms with van der Waals surface area (Å²) in [5, 5.41) is 8.01. The molecule has 0 saturated heterocycles. The van der Waals surface area contributed by atoms with Crippen LogP contribution in [0.4, 0.5) is 5.69 Å². The van der Waals surface area contributed by atoms with Gasteiger partial charge in [0.25, 0.3) is 15.9 Å². The number of nitrogens with zero attached hydrogens (tertiary/aromatic N) is 3. The van der Waals surface area contributed by atoms with Gasteiger partial charge in [0, 0.05) is 24.5 Å². The van der Waals surface area contributed by atoms with Crippen molar-refractivity contribution in [3.8, 4) is 5.75 Å². The minimum Gasteiger partial charge on any atom is -0.482 e. The van der Waals surface area contributed by atoms with Gasteiger partial charge in [0.05, 0.1) is 21.8 Å². The molecule has 0 spiro atoms. The van der Waals surface area contributed by atoms with E-state index in [2.05, 4.69) is 28.4 Å². The Morgan fingerprint density at radius 1 is 1.17 bits per heavy atom. The van der Waals surface area contributed by atoms with E-state index in [1.165, 1.54) is 18.2 Å². The van der Waals surface area contributed by atoms with Gasteiger partial charge in [0.2, 0.25) is 0 Å². The smallest absolute Gasteiger partial charge is 0.283 e. The topological polar surface area (TPSA) is 93.5 Å². The highest BCUT2D eigenvalue weighted by molar-refractivity contribution is 7.90. The van der Waals surface area contributed by atoms with Crippen molar-refractivity contribution in [1.82, 2.24) is 14.1 Å². The molecule has 2 aromatic carbocycles. The minimum absolute atomic E-state index is 0.0505. The van der Waals surface area contributed by atoms with Gasteiger partial charge < -0.3 is 15.0 Å². The summed E-state index contributed by atoms with van der Waals surface area (Å²) in [6.45, 7) is 1.55. The molecule has 9 heteroatoms. The van der Waals surface area contributed by atoms with Crippen molar-refractivity contribution >= 4 is 38.1 Å². The van der Waals surface area contributed by atoms with Gasteiger partial charge in [-0.1, -0.05) is 24.3 Å². The summed E-state index contributed by atoms with van der Waals surface area (Å²) in [6.07, 6.45) is 2.91. The average Bonchev–Trinajstić information content (AvgIpc) is 3.14. The molecule has 1 amide bonds. The molecule has 0 aliphatic carbocycles. The first-order valence-electron chi connectivity index (χ1n) is 9.61. The van der Waals surface area contributed by atoms with E-state index in [4.69, 9.17) is 4.74 Å². The van der Waals surface area contributed by atoms with Gasteiger partial charge in [-0.05, 0) is 37.2 Å². The Morgan fingerprint density at radius 2 is 2.00 bits per heavy atom. The summed E-state index contributed by atoms with van der Waals surface area (Å²) < 4.78 is 33.4. The van der Waals surface area contributed by atoms with E-state index in [1.54, 1.807) is 12.1 Å². The molecule has 0 unspecified atom stereocenters. The lowest BCUT2D eigenvalue weighted by Crippen LogP contribution is -2.25. The normalized spacial score (nSPS) is 17.2. The fourth-order valence-electron chi connectivity index (χ4n) is 3.76. The fraction of sp³-hybridized carbons (Fsp3) is 0.238. The number of fused-ring (bicyclic) bond motifs is 2. The molecular weight excluding hydrogens is 404 g/mol. The lowest BCUT2D eigenvalue weighted by Gasteiger charge is -2.21. The number of rotatable bonds is 3. The third kappa shape index (κ3) is 3.06. The first kappa shape index (κ1) is 18.8. The monoisotopic (exact) mass is 424 g/mol. The summed E-state index contributed by atoms with van der Waals surface area (Å²) in [6, 6.07) is 11.8. The minimum atomic E-state index is -3.97. The Morgan fingerprint density at radius 3 is 2.80 bits per heavy atom. The Balaban J connectivity index is 1.63. The number of ether oxygens (including phenoxy) is 1. The van der Waals surface area contributed by atoms with Crippen molar-refractivity contribution < 1.29 is 17.9 Å². The van der Waals surface area contributed by atoms with Gasteiger partial charge in [-0.2, -0.15) is 17.6 Å². The van der Waals surface area contributed by atoms with Gasteiger partial charge in [0.15, 0.2) is 6.61 Å². The molecule has 1 aromatic heterocycles. The van der Waals surface area contributed by atoms with Gasteiger partial charge >= 0.3 is 0 Å². The van der Waals surface area contributed by atoms with Crippen LogP contribution in [-0.2, 0) is 14.8 Å². The van der Waals surface area contributed by atoms with E-state index < -0.39 is 10.0 Å². The molecular formula is C21H20N4O4S. The second kappa shape index (κ2) is 6.96. The van der Waals surface area contributed by atoms with Crippen LogP contribution < -0.4 is 10.1 Å². The molecule has 30 heavy (non-hydrogen) atoms. The zero-order valence-corrected chi connectivity index (χ0v) is 17.1. The number of para-hydroxylation sites is 1. The van der Waals surface area contributed by atoms with Crippen LogP contribution in [-0.4, -0.2) is 55.2 Å². The van der Waals surface area contributed by atoms with Gasteiger partial charge in [-0.3, -0.25) is 4.79 Å². The van der Waals surface area contributed by atoms with Crippen molar-refractivity contribution in [3.63, 3.8) is 0 Å². The number of carbonyl (C=O) groups excluding carboxylic acids is 1. The first-order valence-corrected chi connectivity index (χ1v) is 11.1. The SMILES string of the molecule is CN1CC=C(c2nn(S(=O)(=O)c3ccc4c(c3)OCC(=O)N4)c3ccccc23)CC1. The molecule has 2 aliphatic rings. The average molecular weight is 424 g/mol. The molecule has 2 aliphatic heterocycles. The van der Waals surface area contributed by atoms with Crippen LogP contribution >= 0.6 is 0 Å². The summed E-state index contributed by atoms with van der Waals surface area (Å²) in [5.74, 6) is 0.0533. The number of amides is 1. The van der Waals surface area contributed by atoms with E-state index >= 15 is 0 Å². The van der Waals surface area contributed by atoms with Crippen molar-refractivity contribution in [2.24, 2.45) is 0 Å². The number of carbonyl (C=O) groups is 1. The number of likely N-dealkylation sites (N-methyl/N-ethyl adjacent to an activating group) is 1. The van der Waals surface area contributed by atoms with E-state index in [9.17, 15) is 13.2 Å². The number of hydrogen-bond donors (Lipinski definition) is 1. The van der Waals surface area contributed by atoms with E-state index in [-0.39, 0.29) is 17.4 Å². The number of hydrogen-bond acceptors (Lipinski definition) is 6. The zero-order chi connectivity index (χ0) is 20.9. The van der Waals surface area contributed by atoms with Crippen molar-refractivity contribution in [2.45, 2.75) is 11.3 Å². The van der Waals surface area contributed by atoms with Gasteiger partial charge in [-0.25, -0.2) is 0 Å². The number of nitrogens with one attached hydrogen (secondary N) is 1. The summed E-state index contributed by atoms with van der Waals surface area (Å²) in [4.78, 5) is 13.7. The molecule has 3 aromatic rings. The highest BCUT2D eigenvalue weighted by atomic mass is 32.2. The predicted molar refractivity (Wildman–Crippen MR) is 113 cm³/mol. The Bertz CT molecular complexity index is 1310. The first-order chi connectivity index (χ1) is 14.4. The second-order valence-corrected chi connectivity index (χ2v) is 9.22. The molecule has 0 fully saturated rings. The van der Waals surface area contributed by atoms with Crippen LogP contribution in [0.25, 0.3) is 16.5 Å². The van der Waals surface area contributed by atoms with Crippen molar-refractivity contribution in [1.29, 1.82) is 0 Å². The molecule has 154 valence electrons. The molecule has 3 heterocycles. The highest BCUT2D eigenvalue weighted by Crippen LogP contribution is 2.33. The molecule has 0 atom stereocenters. The maximum atomic E-state index is 13.5. The van der Waals surface area contributed by atoms with Crippen LogP contribution in [0, 0.1) is 0 Å². The van der Waals surface area contributed by atoms with Crippen LogP contribution in [0.1, 0.15) is 12.1 Å². The highest BCUT2D eigenvalue weighted by Gasteiger charge is 2.27. The number of aromatic nitrogens is 2. The van der Waals surface area contributed by atoms with E-state index in [0.29, 0.717) is 22.6 Å². The van der Waals surface area contributed by atoms with Gasteiger partial charge in [-0.15, -0.1) is 0 Å². The van der Waals surface area contributed by atoms with Crippen molar-refractivity contribution in [3.05, 3.63) is 54.2 Å². The zero-order valence-electron chi connectivity index (χ0n) is 16.3. The standard InChI is InChI=1S/C21H20N4O4S/c1-24-10-8-14(9-11-24)21-16-4-2-3-5-18(16)25(23-21)30(27,28)15-6-7-17-19(12-15)29-13-20(26)22-17/h2-8,12H,9-11,13H2,1H3,(H,22,26). The fourth-order valence-corrected chi connectivity index (χ4v) is 5.06. The lowest BCUT2D eigenvalue weighted by atomic mass is 10.0. The molecule has 0 bridgehead atoms. The molecule has 8 nitrogen and oxygen atoms in total. The van der Waals surface area contributed by atoms with Crippen LogP contribution in [0.5, 0.6) is 5.75 Å². The maximum absolute atomic E-state index is 13.5.